The molecule has 126 valence electrons. The molecule has 0 unspecified atom stereocenters. The van der Waals surface area contributed by atoms with Crippen molar-refractivity contribution in [3.05, 3.63) is 35.9 Å². The van der Waals surface area contributed by atoms with Crippen LogP contribution in [0.2, 0.25) is 0 Å². The molecule has 7 nitrogen and oxygen atoms in total. The topological polar surface area (TPSA) is 145 Å². The normalized spacial score (nSPS) is 13.1. The monoisotopic (exact) mass is 320 g/mol. The van der Waals surface area contributed by atoms with Gasteiger partial charge in [-0.05, 0) is 24.8 Å². The number of hydrogen-bond donors (Lipinski definition) is 4. The van der Waals surface area contributed by atoms with E-state index in [1.807, 2.05) is 30.3 Å². The maximum absolute atomic E-state index is 12.1. The molecule has 0 radical (unpaired) electrons. The quantitative estimate of drug-likeness (QED) is 0.276. The van der Waals surface area contributed by atoms with Crippen LogP contribution < -0.4 is 17.2 Å². The lowest BCUT2D eigenvalue weighted by Gasteiger charge is -2.15. The molecule has 7 heteroatoms. The van der Waals surface area contributed by atoms with Gasteiger partial charge in [-0.2, -0.15) is 0 Å². The number of guanidine groups is 1. The van der Waals surface area contributed by atoms with Gasteiger partial charge >= 0.3 is 5.97 Å². The highest BCUT2D eigenvalue weighted by atomic mass is 16.4. The molecule has 1 aromatic carbocycles. The number of ketones is 1. The number of benzene rings is 1. The van der Waals surface area contributed by atoms with Crippen LogP contribution in [0.25, 0.3) is 0 Å². The van der Waals surface area contributed by atoms with Gasteiger partial charge in [0.05, 0.1) is 12.0 Å². The molecule has 2 atom stereocenters. The van der Waals surface area contributed by atoms with Gasteiger partial charge in [0.1, 0.15) is 5.78 Å². The van der Waals surface area contributed by atoms with Crippen LogP contribution in [0.5, 0.6) is 0 Å². The van der Waals surface area contributed by atoms with Crippen LogP contribution in [-0.2, 0) is 16.0 Å². The van der Waals surface area contributed by atoms with Crippen molar-refractivity contribution in [3.8, 4) is 0 Å². The van der Waals surface area contributed by atoms with Crippen LogP contribution in [0.15, 0.2) is 35.3 Å². The molecule has 0 saturated carbocycles. The number of aliphatic carboxylic acids is 1. The zero-order chi connectivity index (χ0) is 17.2. The number of Topliss-reactive ketones (excluding diaryl/α,β-unsaturated/α-hetero) is 1. The summed E-state index contributed by atoms with van der Waals surface area (Å²) in [5, 5.41) is 9.30. The van der Waals surface area contributed by atoms with Gasteiger partial charge in [0.25, 0.3) is 0 Å². The number of carboxylic acid groups (broad SMARTS) is 1. The molecule has 23 heavy (non-hydrogen) atoms. The van der Waals surface area contributed by atoms with Gasteiger partial charge in [0.2, 0.25) is 0 Å². The third-order valence-corrected chi connectivity index (χ3v) is 3.50. The van der Waals surface area contributed by atoms with Crippen molar-refractivity contribution in [1.29, 1.82) is 0 Å². The molecular weight excluding hydrogens is 296 g/mol. The Morgan fingerprint density at radius 1 is 1.17 bits per heavy atom. The first-order valence-corrected chi connectivity index (χ1v) is 7.50. The standard InChI is InChI=1S/C16H24N4O3/c17-13(7-4-8-20-16(18)19)14(21)10-12(15(22)23)9-11-5-2-1-3-6-11/h1-3,5-6,12-13H,4,7-10,17H2,(H,22,23)(H4,18,19,20)/t12-,13-/m0/s1. The number of hydrogen-bond acceptors (Lipinski definition) is 4. The Labute approximate surface area is 135 Å². The molecule has 0 spiro atoms. The highest BCUT2D eigenvalue weighted by Crippen LogP contribution is 2.15. The first-order chi connectivity index (χ1) is 10.9. The minimum Gasteiger partial charge on any atom is -0.481 e. The van der Waals surface area contributed by atoms with Crippen LogP contribution in [0.1, 0.15) is 24.8 Å². The second kappa shape index (κ2) is 9.58. The fourth-order valence-corrected chi connectivity index (χ4v) is 2.22. The highest BCUT2D eigenvalue weighted by molar-refractivity contribution is 5.87. The summed E-state index contributed by atoms with van der Waals surface area (Å²) in [6, 6.07) is 8.53. The van der Waals surface area contributed by atoms with Crippen molar-refractivity contribution in [2.75, 3.05) is 6.54 Å². The van der Waals surface area contributed by atoms with Gasteiger partial charge in [-0.3, -0.25) is 14.6 Å². The van der Waals surface area contributed by atoms with E-state index in [1.165, 1.54) is 0 Å². The third kappa shape index (κ3) is 7.42. The number of carbonyl (C=O) groups excluding carboxylic acids is 1. The van der Waals surface area contributed by atoms with Gasteiger partial charge in [-0.15, -0.1) is 0 Å². The number of rotatable bonds is 10. The molecule has 0 saturated heterocycles. The van der Waals surface area contributed by atoms with Crippen molar-refractivity contribution in [3.63, 3.8) is 0 Å². The predicted molar refractivity (Wildman–Crippen MR) is 88.8 cm³/mol. The van der Waals surface area contributed by atoms with E-state index in [1.54, 1.807) is 0 Å². The molecule has 1 aromatic rings. The summed E-state index contributed by atoms with van der Waals surface area (Å²) < 4.78 is 0. The predicted octanol–water partition coefficient (Wildman–Crippen LogP) is 0.270. The molecule has 7 N–H and O–H groups in total. The van der Waals surface area contributed by atoms with Crippen LogP contribution in [0, 0.1) is 5.92 Å². The number of carbonyl (C=O) groups is 2. The van der Waals surface area contributed by atoms with Crippen LogP contribution in [-0.4, -0.2) is 35.4 Å². The minimum atomic E-state index is -0.991. The Hall–Kier alpha value is -2.41. The minimum absolute atomic E-state index is 0.00120. The molecule has 0 aliphatic carbocycles. The molecule has 0 amide bonds. The Morgan fingerprint density at radius 2 is 1.83 bits per heavy atom. The average molecular weight is 320 g/mol. The van der Waals surface area contributed by atoms with E-state index in [4.69, 9.17) is 17.2 Å². The van der Waals surface area contributed by atoms with Gasteiger partial charge < -0.3 is 22.3 Å². The van der Waals surface area contributed by atoms with E-state index >= 15 is 0 Å². The van der Waals surface area contributed by atoms with Crippen molar-refractivity contribution >= 4 is 17.7 Å². The number of aliphatic imine (C=N–C) groups is 1. The fourth-order valence-electron chi connectivity index (χ4n) is 2.22. The summed E-state index contributed by atoms with van der Waals surface area (Å²) in [6.45, 7) is 0.398. The van der Waals surface area contributed by atoms with Crippen LogP contribution in [0.3, 0.4) is 0 Å². The van der Waals surface area contributed by atoms with Gasteiger partial charge in [-0.25, -0.2) is 0 Å². The molecule has 0 fully saturated rings. The van der Waals surface area contributed by atoms with Crippen molar-refractivity contribution in [2.24, 2.45) is 28.1 Å². The van der Waals surface area contributed by atoms with E-state index in [9.17, 15) is 14.7 Å². The highest BCUT2D eigenvalue weighted by Gasteiger charge is 2.24. The largest absolute Gasteiger partial charge is 0.481 e. The zero-order valence-electron chi connectivity index (χ0n) is 13.0. The van der Waals surface area contributed by atoms with E-state index in [0.29, 0.717) is 25.8 Å². The zero-order valence-corrected chi connectivity index (χ0v) is 13.0. The lowest BCUT2D eigenvalue weighted by Crippen LogP contribution is -2.34. The number of nitrogens with two attached hydrogens (primary N) is 3. The smallest absolute Gasteiger partial charge is 0.307 e. The maximum Gasteiger partial charge on any atom is 0.307 e. The summed E-state index contributed by atoms with van der Waals surface area (Å²) in [5.74, 6) is -2.01. The molecule has 0 heterocycles. The Balaban J connectivity index is 2.50. The molecule has 1 rings (SSSR count). The second-order valence-electron chi connectivity index (χ2n) is 5.45. The van der Waals surface area contributed by atoms with E-state index < -0.39 is 17.9 Å². The van der Waals surface area contributed by atoms with Crippen molar-refractivity contribution < 1.29 is 14.7 Å². The van der Waals surface area contributed by atoms with E-state index in [-0.39, 0.29) is 18.2 Å². The summed E-state index contributed by atoms with van der Waals surface area (Å²) in [7, 11) is 0. The Bertz CT molecular complexity index is 542. The summed E-state index contributed by atoms with van der Waals surface area (Å²) in [5.41, 5.74) is 17.1. The first-order valence-electron chi connectivity index (χ1n) is 7.50. The lowest BCUT2D eigenvalue weighted by atomic mass is 9.91. The summed E-state index contributed by atoms with van der Waals surface area (Å²) >= 11 is 0. The molecule has 0 aliphatic rings. The first kappa shape index (κ1) is 18.6. The lowest BCUT2D eigenvalue weighted by molar-refractivity contribution is -0.143. The van der Waals surface area contributed by atoms with Gasteiger partial charge in [-0.1, -0.05) is 30.3 Å². The summed E-state index contributed by atoms with van der Waals surface area (Å²) in [4.78, 5) is 27.3. The molecule has 0 bridgehead atoms. The van der Waals surface area contributed by atoms with Crippen molar-refractivity contribution in [1.82, 2.24) is 0 Å². The summed E-state index contributed by atoms with van der Waals surface area (Å²) in [6.07, 6.45) is 1.23. The second-order valence-corrected chi connectivity index (χ2v) is 5.45. The maximum atomic E-state index is 12.1. The van der Waals surface area contributed by atoms with E-state index in [0.717, 1.165) is 5.56 Å². The van der Waals surface area contributed by atoms with Crippen LogP contribution >= 0.6 is 0 Å². The Kier molecular flexibility index (Phi) is 7.76. The van der Waals surface area contributed by atoms with Gasteiger partial charge in [0.15, 0.2) is 5.96 Å². The molecular formula is C16H24N4O3. The fraction of sp³-hybridized carbons (Fsp3) is 0.438. The van der Waals surface area contributed by atoms with Crippen LogP contribution in [0.4, 0.5) is 0 Å². The third-order valence-electron chi connectivity index (χ3n) is 3.50. The van der Waals surface area contributed by atoms with E-state index in [2.05, 4.69) is 4.99 Å². The van der Waals surface area contributed by atoms with Crippen molar-refractivity contribution in [2.45, 2.75) is 31.7 Å². The molecule has 0 aliphatic heterocycles. The average Bonchev–Trinajstić information content (AvgIpc) is 2.51. The number of carboxylic acids is 1. The van der Waals surface area contributed by atoms with Gasteiger partial charge in [0, 0.05) is 13.0 Å². The SMILES string of the molecule is NC(N)=NCCC[C@H](N)C(=O)C[C@H](Cc1ccccc1)C(=O)O. The molecule has 0 aromatic heterocycles. The Morgan fingerprint density at radius 3 is 2.39 bits per heavy atom. The number of nitrogens with zero attached hydrogens (tertiary/aromatic N) is 1.